The minimum atomic E-state index is -0.565. The third kappa shape index (κ3) is 6.66. The SMILES string of the molecule is COc1cccc(CCc2nc3cc(C=CC(=O)NO)ccc3n2CC(C)(C)CN(C)C)c1. The van der Waals surface area contributed by atoms with Gasteiger partial charge in [0, 0.05) is 25.6 Å². The third-order valence-corrected chi connectivity index (χ3v) is 5.49. The number of hydrogen-bond donors (Lipinski definition) is 2. The van der Waals surface area contributed by atoms with Gasteiger partial charge in [0.15, 0.2) is 0 Å². The molecule has 0 atom stereocenters. The van der Waals surface area contributed by atoms with Gasteiger partial charge in [-0.2, -0.15) is 0 Å². The van der Waals surface area contributed by atoms with Crippen molar-refractivity contribution in [2.45, 2.75) is 33.2 Å². The van der Waals surface area contributed by atoms with Crippen molar-refractivity contribution in [3.8, 4) is 5.75 Å². The van der Waals surface area contributed by atoms with E-state index < -0.39 is 5.91 Å². The molecule has 0 radical (unpaired) electrons. The maximum absolute atomic E-state index is 11.3. The Bertz CT molecular complexity index is 1130. The van der Waals surface area contributed by atoms with E-state index in [0.717, 1.165) is 54.1 Å². The first-order valence-corrected chi connectivity index (χ1v) is 11.1. The lowest BCUT2D eigenvalue weighted by Gasteiger charge is -2.29. The van der Waals surface area contributed by atoms with Crippen molar-refractivity contribution in [2.75, 3.05) is 27.7 Å². The fraction of sp³-hybridized carbons (Fsp3) is 0.385. The van der Waals surface area contributed by atoms with Crippen LogP contribution in [0.15, 0.2) is 48.5 Å². The second-order valence-corrected chi connectivity index (χ2v) is 9.43. The monoisotopic (exact) mass is 450 g/mol. The van der Waals surface area contributed by atoms with E-state index in [2.05, 4.69) is 55.6 Å². The Morgan fingerprint density at radius 2 is 2.00 bits per heavy atom. The molecule has 0 aliphatic heterocycles. The standard InChI is InChI=1S/C26H34N4O3/c1-26(2,17-29(3)4)18-30-23-12-9-20(11-14-25(31)28-32)16-22(23)27-24(30)13-10-19-7-6-8-21(15-19)33-5/h6-9,11-12,14-16,32H,10,13,17-18H2,1-5H3,(H,28,31). The van der Waals surface area contributed by atoms with E-state index in [1.54, 1.807) is 18.7 Å². The average molecular weight is 451 g/mol. The summed E-state index contributed by atoms with van der Waals surface area (Å²) in [6.45, 7) is 6.35. The summed E-state index contributed by atoms with van der Waals surface area (Å²) in [5.41, 5.74) is 5.69. The molecule has 1 amide bonds. The molecule has 0 aliphatic rings. The molecular weight excluding hydrogens is 416 g/mol. The van der Waals surface area contributed by atoms with Gasteiger partial charge in [0.2, 0.25) is 0 Å². The molecule has 0 saturated carbocycles. The number of benzene rings is 2. The molecule has 1 heterocycles. The molecule has 7 nitrogen and oxygen atoms in total. The zero-order valence-corrected chi connectivity index (χ0v) is 20.1. The van der Waals surface area contributed by atoms with Crippen LogP contribution in [0.2, 0.25) is 0 Å². The van der Waals surface area contributed by atoms with Crippen molar-refractivity contribution in [3.63, 3.8) is 0 Å². The molecule has 3 aromatic rings. The van der Waals surface area contributed by atoms with Crippen molar-refractivity contribution < 1.29 is 14.7 Å². The van der Waals surface area contributed by atoms with Gasteiger partial charge in [-0.15, -0.1) is 0 Å². The molecule has 0 spiro atoms. The van der Waals surface area contributed by atoms with Gasteiger partial charge >= 0.3 is 0 Å². The number of nitrogens with one attached hydrogen (secondary N) is 1. The molecule has 2 aromatic carbocycles. The van der Waals surface area contributed by atoms with E-state index in [1.807, 2.05) is 24.3 Å². The lowest BCUT2D eigenvalue weighted by atomic mass is 9.92. The lowest BCUT2D eigenvalue weighted by molar-refractivity contribution is -0.124. The first-order valence-electron chi connectivity index (χ1n) is 11.1. The smallest absolute Gasteiger partial charge is 0.267 e. The van der Waals surface area contributed by atoms with E-state index in [9.17, 15) is 4.79 Å². The van der Waals surface area contributed by atoms with E-state index in [0.29, 0.717) is 0 Å². The molecule has 0 fully saturated rings. The second-order valence-electron chi connectivity index (χ2n) is 9.43. The molecule has 0 unspecified atom stereocenters. The maximum Gasteiger partial charge on any atom is 0.267 e. The van der Waals surface area contributed by atoms with Crippen LogP contribution in [0.3, 0.4) is 0 Å². The number of aryl methyl sites for hydroxylation is 2. The Hall–Kier alpha value is -3.16. The summed E-state index contributed by atoms with van der Waals surface area (Å²) in [6, 6.07) is 14.1. The molecule has 0 bridgehead atoms. The third-order valence-electron chi connectivity index (χ3n) is 5.49. The van der Waals surface area contributed by atoms with Crippen molar-refractivity contribution in [2.24, 2.45) is 5.41 Å². The van der Waals surface area contributed by atoms with Crippen LogP contribution < -0.4 is 10.2 Å². The Morgan fingerprint density at radius 3 is 2.70 bits per heavy atom. The van der Waals surface area contributed by atoms with Gasteiger partial charge in [-0.05, 0) is 67.4 Å². The molecule has 176 valence electrons. The van der Waals surface area contributed by atoms with Crippen LogP contribution in [0.25, 0.3) is 17.1 Å². The van der Waals surface area contributed by atoms with E-state index >= 15 is 0 Å². The first-order chi connectivity index (χ1) is 15.7. The summed E-state index contributed by atoms with van der Waals surface area (Å²) in [5.74, 6) is 1.33. The molecule has 0 aliphatic carbocycles. The topological polar surface area (TPSA) is 79.6 Å². The summed E-state index contributed by atoms with van der Waals surface area (Å²) in [4.78, 5) is 18.5. The number of ether oxygens (including phenoxy) is 1. The molecular formula is C26H34N4O3. The van der Waals surface area contributed by atoms with Gasteiger partial charge in [0.05, 0.1) is 18.1 Å². The zero-order valence-electron chi connectivity index (χ0n) is 20.1. The fourth-order valence-electron chi connectivity index (χ4n) is 4.30. The van der Waals surface area contributed by atoms with E-state index in [-0.39, 0.29) is 5.41 Å². The highest BCUT2D eigenvalue weighted by atomic mass is 16.5. The Morgan fingerprint density at radius 1 is 1.21 bits per heavy atom. The predicted molar refractivity (Wildman–Crippen MR) is 131 cm³/mol. The summed E-state index contributed by atoms with van der Waals surface area (Å²) in [7, 11) is 5.87. The second kappa shape index (κ2) is 10.6. The normalized spacial score (nSPS) is 12.1. The van der Waals surface area contributed by atoms with Gasteiger partial charge in [0.25, 0.3) is 5.91 Å². The van der Waals surface area contributed by atoms with Gasteiger partial charge < -0.3 is 14.2 Å². The van der Waals surface area contributed by atoms with Crippen molar-refractivity contribution in [3.05, 3.63) is 65.5 Å². The van der Waals surface area contributed by atoms with Gasteiger partial charge in [-0.3, -0.25) is 10.0 Å². The highest BCUT2D eigenvalue weighted by Crippen LogP contribution is 2.26. The minimum absolute atomic E-state index is 0.0552. The Kier molecular flexibility index (Phi) is 7.89. The van der Waals surface area contributed by atoms with Crippen LogP contribution in [-0.4, -0.2) is 53.3 Å². The Labute approximate surface area is 195 Å². The summed E-state index contributed by atoms with van der Waals surface area (Å²) < 4.78 is 7.69. The van der Waals surface area contributed by atoms with Gasteiger partial charge in [-0.1, -0.05) is 32.0 Å². The van der Waals surface area contributed by atoms with Crippen molar-refractivity contribution in [1.82, 2.24) is 19.9 Å². The van der Waals surface area contributed by atoms with E-state index in [1.165, 1.54) is 11.6 Å². The Balaban J connectivity index is 1.95. The average Bonchev–Trinajstić information content (AvgIpc) is 3.11. The van der Waals surface area contributed by atoms with Crippen LogP contribution in [0.1, 0.15) is 30.8 Å². The number of carbonyl (C=O) groups is 1. The largest absolute Gasteiger partial charge is 0.497 e. The number of fused-ring (bicyclic) bond motifs is 1. The van der Waals surface area contributed by atoms with Crippen LogP contribution in [0, 0.1) is 5.41 Å². The number of methoxy groups -OCH3 is 1. The number of aromatic nitrogens is 2. The number of hydrogen-bond acceptors (Lipinski definition) is 5. The maximum atomic E-state index is 11.3. The summed E-state index contributed by atoms with van der Waals surface area (Å²) in [5, 5.41) is 8.70. The number of hydroxylamine groups is 1. The van der Waals surface area contributed by atoms with Gasteiger partial charge in [-0.25, -0.2) is 10.5 Å². The molecule has 0 saturated heterocycles. The number of nitrogens with zero attached hydrogens (tertiary/aromatic N) is 3. The van der Waals surface area contributed by atoms with Crippen LogP contribution in [0.4, 0.5) is 0 Å². The number of imidazole rings is 1. The fourth-order valence-corrected chi connectivity index (χ4v) is 4.30. The molecule has 2 N–H and O–H groups in total. The van der Waals surface area contributed by atoms with E-state index in [4.69, 9.17) is 14.9 Å². The molecule has 33 heavy (non-hydrogen) atoms. The summed E-state index contributed by atoms with van der Waals surface area (Å²) in [6.07, 6.45) is 4.62. The van der Waals surface area contributed by atoms with Crippen LogP contribution in [0.5, 0.6) is 5.75 Å². The van der Waals surface area contributed by atoms with Crippen LogP contribution in [-0.2, 0) is 24.2 Å². The quantitative estimate of drug-likeness (QED) is 0.278. The predicted octanol–water partition coefficient (Wildman–Crippen LogP) is 3.94. The highest BCUT2D eigenvalue weighted by Gasteiger charge is 2.23. The minimum Gasteiger partial charge on any atom is -0.497 e. The first kappa shape index (κ1) is 24.5. The number of carbonyl (C=O) groups excluding carboxylic acids is 1. The molecule has 7 heteroatoms. The molecule has 3 rings (SSSR count). The van der Waals surface area contributed by atoms with Gasteiger partial charge in [0.1, 0.15) is 11.6 Å². The molecule has 1 aromatic heterocycles. The van der Waals surface area contributed by atoms with Crippen molar-refractivity contribution in [1.29, 1.82) is 0 Å². The number of amides is 1. The number of rotatable bonds is 10. The van der Waals surface area contributed by atoms with Crippen LogP contribution >= 0.6 is 0 Å². The summed E-state index contributed by atoms with van der Waals surface area (Å²) >= 11 is 0. The highest BCUT2D eigenvalue weighted by molar-refractivity contribution is 5.91. The van der Waals surface area contributed by atoms with Crippen molar-refractivity contribution >= 4 is 23.0 Å². The zero-order chi connectivity index (χ0) is 24.0. The lowest BCUT2D eigenvalue weighted by Crippen LogP contribution is -2.32.